The molecule has 0 radical (unpaired) electrons. The Morgan fingerprint density at radius 3 is 2.65 bits per heavy atom. The Balaban J connectivity index is 1.51. The van der Waals surface area contributed by atoms with E-state index in [9.17, 15) is 9.90 Å². The van der Waals surface area contributed by atoms with Crippen molar-refractivity contribution in [2.75, 3.05) is 38.1 Å². The molecule has 1 aliphatic heterocycles. The highest BCUT2D eigenvalue weighted by Crippen LogP contribution is 2.28. The number of aliphatic hydroxyl groups is 1. The topological polar surface area (TPSA) is 65.0 Å². The van der Waals surface area contributed by atoms with Crippen LogP contribution in [0.2, 0.25) is 5.02 Å². The van der Waals surface area contributed by atoms with Gasteiger partial charge in [-0.3, -0.25) is 4.90 Å². The van der Waals surface area contributed by atoms with Crippen LogP contribution < -0.4 is 10.1 Å². The summed E-state index contributed by atoms with van der Waals surface area (Å²) < 4.78 is 5.41. The first-order valence-corrected chi connectivity index (χ1v) is 9.86. The Bertz CT molecular complexity index is 620. The number of rotatable bonds is 4. The molecule has 2 aliphatic rings. The molecule has 2 fully saturated rings. The fraction of sp³-hybridized carbons (Fsp3) is 0.632. The number of hydrogen-bond donors (Lipinski definition) is 2. The third-order valence-electron chi connectivity index (χ3n) is 5.25. The second kappa shape index (κ2) is 8.93. The molecule has 0 spiro atoms. The van der Waals surface area contributed by atoms with Gasteiger partial charge in [0.15, 0.2) is 0 Å². The third kappa shape index (κ3) is 4.61. The molecular formula is C19H28ClN3O3. The Hall–Kier alpha value is -1.50. The molecule has 1 aromatic rings. The van der Waals surface area contributed by atoms with E-state index in [4.69, 9.17) is 16.3 Å². The number of urea groups is 1. The number of ether oxygens (including phenoxy) is 1. The molecule has 1 saturated carbocycles. The van der Waals surface area contributed by atoms with Crippen LogP contribution in [-0.2, 0) is 0 Å². The van der Waals surface area contributed by atoms with Gasteiger partial charge in [0.2, 0.25) is 0 Å². The maximum absolute atomic E-state index is 12.5. The smallest absolute Gasteiger partial charge is 0.321 e. The third-order valence-corrected chi connectivity index (χ3v) is 5.54. The molecule has 0 aromatic heterocycles. The monoisotopic (exact) mass is 381 g/mol. The quantitative estimate of drug-likeness (QED) is 0.840. The van der Waals surface area contributed by atoms with E-state index in [-0.39, 0.29) is 18.2 Å². The molecule has 1 aromatic carbocycles. The Morgan fingerprint density at radius 2 is 2.00 bits per heavy atom. The Labute approximate surface area is 160 Å². The van der Waals surface area contributed by atoms with E-state index in [1.807, 2.05) is 11.8 Å². The number of carbonyl (C=O) groups is 1. The van der Waals surface area contributed by atoms with Crippen molar-refractivity contribution in [3.63, 3.8) is 0 Å². The van der Waals surface area contributed by atoms with Gasteiger partial charge in [-0.15, -0.1) is 0 Å². The van der Waals surface area contributed by atoms with Crippen molar-refractivity contribution in [3.05, 3.63) is 23.2 Å². The van der Waals surface area contributed by atoms with E-state index in [1.165, 1.54) is 6.42 Å². The first-order valence-electron chi connectivity index (χ1n) is 9.49. The first-order chi connectivity index (χ1) is 12.6. The lowest BCUT2D eigenvalue weighted by molar-refractivity contribution is 0.00275. The Kier molecular flexibility index (Phi) is 6.62. The molecule has 7 heteroatoms. The molecular weight excluding hydrogens is 354 g/mol. The average molecular weight is 382 g/mol. The van der Waals surface area contributed by atoms with Gasteiger partial charge in [-0.2, -0.15) is 0 Å². The minimum atomic E-state index is -0.227. The minimum Gasteiger partial charge on any atom is -0.492 e. The second-order valence-corrected chi connectivity index (χ2v) is 7.36. The van der Waals surface area contributed by atoms with Gasteiger partial charge in [0, 0.05) is 37.9 Å². The van der Waals surface area contributed by atoms with E-state index >= 15 is 0 Å². The van der Waals surface area contributed by atoms with Gasteiger partial charge in [-0.05, 0) is 38.0 Å². The zero-order chi connectivity index (χ0) is 18.5. The number of hydrogen-bond acceptors (Lipinski definition) is 4. The zero-order valence-electron chi connectivity index (χ0n) is 15.3. The van der Waals surface area contributed by atoms with Gasteiger partial charge in [-0.1, -0.05) is 24.4 Å². The van der Waals surface area contributed by atoms with Crippen molar-refractivity contribution >= 4 is 23.3 Å². The fourth-order valence-corrected chi connectivity index (χ4v) is 4.06. The molecule has 26 heavy (non-hydrogen) atoms. The lowest BCUT2D eigenvalue weighted by Crippen LogP contribution is -2.56. The largest absolute Gasteiger partial charge is 0.492 e. The summed E-state index contributed by atoms with van der Waals surface area (Å²) in [7, 11) is 0. The number of amides is 2. The van der Waals surface area contributed by atoms with Crippen molar-refractivity contribution in [2.45, 2.75) is 44.8 Å². The van der Waals surface area contributed by atoms with Gasteiger partial charge in [-0.25, -0.2) is 4.79 Å². The zero-order valence-corrected chi connectivity index (χ0v) is 16.0. The molecule has 144 valence electrons. The van der Waals surface area contributed by atoms with E-state index < -0.39 is 0 Å². The molecule has 6 nitrogen and oxygen atoms in total. The normalized spacial score (nSPS) is 24.3. The highest BCUT2D eigenvalue weighted by atomic mass is 35.5. The Morgan fingerprint density at radius 1 is 1.27 bits per heavy atom. The summed E-state index contributed by atoms with van der Waals surface area (Å²) in [5, 5.41) is 13.6. The van der Waals surface area contributed by atoms with Gasteiger partial charge >= 0.3 is 6.03 Å². The van der Waals surface area contributed by atoms with Gasteiger partial charge in [0.25, 0.3) is 0 Å². The summed E-state index contributed by atoms with van der Waals surface area (Å²) in [6.07, 6.45) is 4.02. The van der Waals surface area contributed by atoms with Crippen molar-refractivity contribution in [1.29, 1.82) is 0 Å². The second-order valence-electron chi connectivity index (χ2n) is 6.95. The summed E-state index contributed by atoms with van der Waals surface area (Å²) in [6, 6.07) is 5.40. The van der Waals surface area contributed by atoms with Crippen molar-refractivity contribution in [1.82, 2.24) is 9.80 Å². The summed E-state index contributed by atoms with van der Waals surface area (Å²) in [4.78, 5) is 16.7. The average Bonchev–Trinajstić information content (AvgIpc) is 2.65. The van der Waals surface area contributed by atoms with Crippen LogP contribution >= 0.6 is 11.6 Å². The molecule has 1 heterocycles. The van der Waals surface area contributed by atoms with Crippen molar-refractivity contribution in [2.24, 2.45) is 0 Å². The molecule has 1 saturated heterocycles. The number of carbonyl (C=O) groups excluding carboxylic acids is 1. The lowest BCUT2D eigenvalue weighted by Gasteiger charge is -2.42. The van der Waals surface area contributed by atoms with Crippen LogP contribution in [-0.4, -0.2) is 65.9 Å². The number of anilines is 1. The van der Waals surface area contributed by atoms with Crippen LogP contribution in [0.15, 0.2) is 18.2 Å². The molecule has 0 unspecified atom stereocenters. The minimum absolute atomic E-state index is 0.117. The van der Waals surface area contributed by atoms with Gasteiger partial charge < -0.3 is 20.1 Å². The van der Waals surface area contributed by atoms with Crippen LogP contribution in [0.3, 0.4) is 0 Å². The summed E-state index contributed by atoms with van der Waals surface area (Å²) in [5.74, 6) is 0.617. The maximum atomic E-state index is 12.5. The summed E-state index contributed by atoms with van der Waals surface area (Å²) in [6.45, 7) is 5.39. The number of nitrogens with one attached hydrogen (secondary N) is 1. The maximum Gasteiger partial charge on any atom is 0.321 e. The first kappa shape index (κ1) is 19.3. The van der Waals surface area contributed by atoms with Crippen molar-refractivity contribution < 1.29 is 14.6 Å². The van der Waals surface area contributed by atoms with E-state index in [2.05, 4.69) is 10.2 Å². The van der Waals surface area contributed by atoms with Gasteiger partial charge in [0.05, 0.1) is 17.7 Å². The van der Waals surface area contributed by atoms with E-state index in [0.717, 1.165) is 32.4 Å². The SMILES string of the molecule is CCOc1ccc(NC(=O)N2CCN([C@@H]3CCCC[C@H]3O)CC2)cc1Cl. The predicted molar refractivity (Wildman–Crippen MR) is 103 cm³/mol. The number of piperazine rings is 1. The molecule has 0 bridgehead atoms. The summed E-state index contributed by atoms with van der Waals surface area (Å²) >= 11 is 6.18. The van der Waals surface area contributed by atoms with Crippen LogP contribution in [0.25, 0.3) is 0 Å². The van der Waals surface area contributed by atoms with E-state index in [0.29, 0.717) is 36.2 Å². The number of nitrogens with zero attached hydrogens (tertiary/aromatic N) is 2. The number of benzene rings is 1. The van der Waals surface area contributed by atoms with Crippen LogP contribution in [0.1, 0.15) is 32.6 Å². The molecule has 3 rings (SSSR count). The van der Waals surface area contributed by atoms with Crippen LogP contribution in [0, 0.1) is 0 Å². The highest BCUT2D eigenvalue weighted by molar-refractivity contribution is 6.32. The van der Waals surface area contributed by atoms with Crippen LogP contribution in [0.5, 0.6) is 5.75 Å². The lowest BCUT2D eigenvalue weighted by atomic mass is 9.91. The molecule has 2 amide bonds. The van der Waals surface area contributed by atoms with Crippen molar-refractivity contribution in [3.8, 4) is 5.75 Å². The molecule has 2 atom stereocenters. The predicted octanol–water partition coefficient (Wildman–Crippen LogP) is 3.19. The molecule has 1 aliphatic carbocycles. The fourth-order valence-electron chi connectivity index (χ4n) is 3.83. The highest BCUT2D eigenvalue weighted by Gasteiger charge is 2.31. The standard InChI is InChI=1S/C19H28ClN3O3/c1-2-26-18-8-7-14(13-15(18)20)21-19(25)23-11-9-22(10-12-23)16-5-3-4-6-17(16)24/h7-8,13,16-17,24H,2-6,9-12H2,1H3,(H,21,25)/t16-,17-/m1/s1. The summed E-state index contributed by atoms with van der Waals surface area (Å²) in [5.41, 5.74) is 0.661. The molecule has 2 N–H and O–H groups in total. The van der Waals surface area contributed by atoms with E-state index in [1.54, 1.807) is 18.2 Å². The number of aliphatic hydroxyl groups excluding tert-OH is 1. The number of halogens is 1. The van der Waals surface area contributed by atoms with Crippen LogP contribution in [0.4, 0.5) is 10.5 Å². The van der Waals surface area contributed by atoms with Gasteiger partial charge in [0.1, 0.15) is 5.75 Å².